The standard InChI is InChI=1S/C36H38N6O8/c43-33(44)29-12-2-8-25(37-29)19-41(20-26-9-3-13-30(38-26)34(45)46)17-23-6-1-7-24(16-23)18-42(21-27-10-4-14-31(39-27)35(47)48)22-28-11-5-15-32(40-28)36(49)50/h2-5,8-15,23-24H,1,6-7,16-22H2,(H,43,44)(H,45,46)(H,47,48)(H,49,50). The van der Waals surface area contributed by atoms with Crippen molar-refractivity contribution in [3.05, 3.63) is 118 Å². The minimum atomic E-state index is -1.12. The summed E-state index contributed by atoms with van der Waals surface area (Å²) in [5, 5.41) is 37.9. The molecule has 5 rings (SSSR count). The lowest BCUT2D eigenvalue weighted by molar-refractivity contribution is 0.0679. The third-order valence-corrected chi connectivity index (χ3v) is 8.57. The van der Waals surface area contributed by atoms with Crippen LogP contribution in [0.4, 0.5) is 0 Å². The molecule has 0 bridgehead atoms. The number of carbonyl (C=O) groups is 4. The van der Waals surface area contributed by atoms with Crippen molar-refractivity contribution < 1.29 is 39.6 Å². The molecule has 260 valence electrons. The maximum absolute atomic E-state index is 11.6. The number of pyridine rings is 4. The molecule has 2 atom stereocenters. The van der Waals surface area contributed by atoms with E-state index in [0.717, 1.165) is 25.7 Å². The molecule has 0 aliphatic heterocycles. The van der Waals surface area contributed by atoms with Gasteiger partial charge in [0.15, 0.2) is 0 Å². The molecular formula is C36H38N6O8. The second-order valence-corrected chi connectivity index (χ2v) is 12.5. The number of hydrogen-bond donors (Lipinski definition) is 4. The highest BCUT2D eigenvalue weighted by molar-refractivity contribution is 5.86. The summed E-state index contributed by atoms with van der Waals surface area (Å²) < 4.78 is 0. The zero-order chi connectivity index (χ0) is 35.6. The molecule has 0 amide bonds. The van der Waals surface area contributed by atoms with Crippen LogP contribution in [0.25, 0.3) is 0 Å². The minimum Gasteiger partial charge on any atom is -0.477 e. The van der Waals surface area contributed by atoms with Crippen molar-refractivity contribution in [2.45, 2.75) is 51.9 Å². The van der Waals surface area contributed by atoms with Crippen LogP contribution in [-0.2, 0) is 26.2 Å². The largest absolute Gasteiger partial charge is 0.477 e. The highest BCUT2D eigenvalue weighted by Crippen LogP contribution is 2.32. The second-order valence-electron chi connectivity index (χ2n) is 12.5. The summed E-state index contributed by atoms with van der Waals surface area (Å²) in [6, 6.07) is 19.4. The van der Waals surface area contributed by atoms with Gasteiger partial charge in [0, 0.05) is 39.3 Å². The van der Waals surface area contributed by atoms with Gasteiger partial charge in [0.1, 0.15) is 22.8 Å². The van der Waals surface area contributed by atoms with E-state index in [4.69, 9.17) is 0 Å². The molecule has 1 aliphatic rings. The summed E-state index contributed by atoms with van der Waals surface area (Å²) in [6.07, 6.45) is 3.75. The number of carboxylic acid groups (broad SMARTS) is 4. The predicted octanol–water partition coefficient (Wildman–Crippen LogP) is 4.57. The number of aromatic carboxylic acids is 4. The van der Waals surface area contributed by atoms with E-state index in [2.05, 4.69) is 29.7 Å². The van der Waals surface area contributed by atoms with Gasteiger partial charge in [0.25, 0.3) is 0 Å². The van der Waals surface area contributed by atoms with E-state index in [1.807, 2.05) is 0 Å². The van der Waals surface area contributed by atoms with Crippen LogP contribution < -0.4 is 0 Å². The first-order chi connectivity index (χ1) is 24.0. The number of nitrogens with zero attached hydrogens (tertiary/aromatic N) is 6. The molecule has 4 N–H and O–H groups in total. The van der Waals surface area contributed by atoms with E-state index < -0.39 is 23.9 Å². The first-order valence-electron chi connectivity index (χ1n) is 16.2. The van der Waals surface area contributed by atoms with Gasteiger partial charge in [-0.15, -0.1) is 0 Å². The molecular weight excluding hydrogens is 644 g/mol. The van der Waals surface area contributed by atoms with Gasteiger partial charge in [-0.1, -0.05) is 30.7 Å². The summed E-state index contributed by atoms with van der Waals surface area (Å²) in [4.78, 5) is 67.9. The van der Waals surface area contributed by atoms with Crippen LogP contribution >= 0.6 is 0 Å². The van der Waals surface area contributed by atoms with E-state index >= 15 is 0 Å². The molecule has 1 aliphatic carbocycles. The Kier molecular flexibility index (Phi) is 11.9. The van der Waals surface area contributed by atoms with Crippen molar-refractivity contribution in [3.8, 4) is 0 Å². The SMILES string of the molecule is O=C(O)c1cccc(CN(Cc2cccc(C(=O)O)n2)CC2CCCC(CN(Cc3cccc(C(=O)O)n3)Cc3cccc(C(=O)O)n3)C2)n1. The fraction of sp³-hybridized carbons (Fsp3) is 0.333. The van der Waals surface area contributed by atoms with E-state index in [-0.39, 0.29) is 34.6 Å². The van der Waals surface area contributed by atoms with Crippen LogP contribution in [0, 0.1) is 11.8 Å². The third-order valence-electron chi connectivity index (χ3n) is 8.57. The third kappa shape index (κ3) is 10.2. The van der Waals surface area contributed by atoms with E-state index in [9.17, 15) is 39.6 Å². The average Bonchev–Trinajstić information content (AvgIpc) is 3.09. The van der Waals surface area contributed by atoms with E-state index in [0.29, 0.717) is 62.0 Å². The molecule has 14 heteroatoms. The molecule has 4 aromatic rings. The van der Waals surface area contributed by atoms with Crippen LogP contribution in [0.15, 0.2) is 72.8 Å². The fourth-order valence-corrected chi connectivity index (χ4v) is 6.50. The van der Waals surface area contributed by atoms with Crippen LogP contribution in [-0.4, -0.2) is 87.1 Å². The lowest BCUT2D eigenvalue weighted by Crippen LogP contribution is -2.36. The molecule has 0 radical (unpaired) electrons. The number of carboxylic acids is 4. The van der Waals surface area contributed by atoms with Crippen LogP contribution in [0.2, 0.25) is 0 Å². The fourth-order valence-electron chi connectivity index (χ4n) is 6.50. The van der Waals surface area contributed by atoms with E-state index in [1.54, 1.807) is 48.5 Å². The lowest BCUT2D eigenvalue weighted by Gasteiger charge is -2.35. The zero-order valence-corrected chi connectivity index (χ0v) is 27.3. The monoisotopic (exact) mass is 682 g/mol. The molecule has 0 saturated heterocycles. The van der Waals surface area contributed by atoms with Crippen LogP contribution in [0.5, 0.6) is 0 Å². The molecule has 0 aromatic carbocycles. The Labute approximate surface area is 288 Å². The lowest BCUT2D eigenvalue weighted by atomic mass is 9.80. The first kappa shape index (κ1) is 35.7. The van der Waals surface area contributed by atoms with Gasteiger partial charge in [-0.05, 0) is 79.6 Å². The summed E-state index contributed by atoms with van der Waals surface area (Å²) in [5.74, 6) is -3.98. The summed E-state index contributed by atoms with van der Waals surface area (Å²) in [6.45, 7) is 2.63. The highest BCUT2D eigenvalue weighted by atomic mass is 16.4. The summed E-state index contributed by atoms with van der Waals surface area (Å²) >= 11 is 0. The van der Waals surface area contributed by atoms with Crippen LogP contribution in [0.3, 0.4) is 0 Å². The average molecular weight is 683 g/mol. The van der Waals surface area contributed by atoms with Gasteiger partial charge in [-0.2, -0.15) is 0 Å². The van der Waals surface area contributed by atoms with Gasteiger partial charge in [0.05, 0.1) is 22.8 Å². The maximum Gasteiger partial charge on any atom is 0.354 e. The number of rotatable bonds is 16. The molecule has 0 spiro atoms. The normalized spacial score (nSPS) is 16.0. The van der Waals surface area contributed by atoms with Gasteiger partial charge in [-0.25, -0.2) is 39.1 Å². The molecule has 2 unspecified atom stereocenters. The smallest absolute Gasteiger partial charge is 0.354 e. The number of hydrogen-bond acceptors (Lipinski definition) is 10. The van der Waals surface area contributed by atoms with Gasteiger partial charge >= 0.3 is 23.9 Å². The van der Waals surface area contributed by atoms with Crippen molar-refractivity contribution in [3.63, 3.8) is 0 Å². The van der Waals surface area contributed by atoms with Crippen molar-refractivity contribution >= 4 is 23.9 Å². The number of aromatic nitrogens is 4. The zero-order valence-electron chi connectivity index (χ0n) is 27.3. The Bertz CT molecular complexity index is 1600. The van der Waals surface area contributed by atoms with Crippen LogP contribution in [0.1, 0.15) is 90.4 Å². The summed E-state index contributed by atoms with van der Waals surface area (Å²) in [7, 11) is 0. The van der Waals surface area contributed by atoms with E-state index in [1.165, 1.54) is 24.3 Å². The molecule has 50 heavy (non-hydrogen) atoms. The predicted molar refractivity (Wildman–Crippen MR) is 178 cm³/mol. The summed E-state index contributed by atoms with van der Waals surface area (Å²) in [5.41, 5.74) is 2.07. The quantitative estimate of drug-likeness (QED) is 0.128. The van der Waals surface area contributed by atoms with Crippen molar-refractivity contribution in [1.29, 1.82) is 0 Å². The van der Waals surface area contributed by atoms with Crippen molar-refractivity contribution in [1.82, 2.24) is 29.7 Å². The maximum atomic E-state index is 11.6. The highest BCUT2D eigenvalue weighted by Gasteiger charge is 2.27. The molecule has 14 nitrogen and oxygen atoms in total. The Morgan fingerprint density at radius 3 is 1.04 bits per heavy atom. The Balaban J connectivity index is 1.34. The molecule has 4 aromatic heterocycles. The van der Waals surface area contributed by atoms with Gasteiger partial charge < -0.3 is 20.4 Å². The van der Waals surface area contributed by atoms with Crippen molar-refractivity contribution in [2.75, 3.05) is 13.1 Å². The second kappa shape index (κ2) is 16.7. The Morgan fingerprint density at radius 2 is 0.780 bits per heavy atom. The Hall–Kier alpha value is -5.60. The topological polar surface area (TPSA) is 207 Å². The van der Waals surface area contributed by atoms with Gasteiger partial charge in [0.2, 0.25) is 0 Å². The molecule has 1 fully saturated rings. The Morgan fingerprint density at radius 1 is 0.500 bits per heavy atom. The van der Waals surface area contributed by atoms with Crippen molar-refractivity contribution in [2.24, 2.45) is 11.8 Å². The molecule has 4 heterocycles. The minimum absolute atomic E-state index is 0.0574. The van der Waals surface area contributed by atoms with Gasteiger partial charge in [-0.3, -0.25) is 9.80 Å². The molecule has 1 saturated carbocycles. The first-order valence-corrected chi connectivity index (χ1v) is 16.2.